The maximum Gasteiger partial charge on any atom is 0.407 e. The topological polar surface area (TPSA) is 60.9 Å². The number of hydrogen-bond donors (Lipinski definition) is 1. The second kappa shape index (κ2) is 7.41. The van der Waals surface area contributed by atoms with E-state index >= 15 is 0 Å². The number of carbonyl (C=O) groups excluding carboxylic acids is 1. The van der Waals surface area contributed by atoms with E-state index in [1.807, 2.05) is 13.0 Å². The van der Waals surface area contributed by atoms with Crippen molar-refractivity contribution in [2.75, 3.05) is 19.6 Å². The normalized spacial score (nSPS) is 25.1. The molecule has 5 heteroatoms. The zero-order valence-corrected chi connectivity index (χ0v) is 15.3. The van der Waals surface area contributed by atoms with E-state index in [4.69, 9.17) is 0 Å². The summed E-state index contributed by atoms with van der Waals surface area (Å²) in [5, 5.41) is 9.22. The van der Waals surface area contributed by atoms with Crippen LogP contribution in [-0.4, -0.2) is 52.6 Å². The van der Waals surface area contributed by atoms with Crippen LogP contribution >= 0.6 is 0 Å². The number of allylic oxidation sites excluding steroid dienone is 3. The molecule has 0 aromatic rings. The summed E-state index contributed by atoms with van der Waals surface area (Å²) in [5.74, 6) is -0.0178. The molecule has 1 atom stereocenters. The molecule has 0 saturated carbocycles. The molecule has 1 aliphatic heterocycles. The molecule has 1 heterocycles. The minimum Gasteiger partial charge on any atom is -0.465 e. The first-order chi connectivity index (χ1) is 11.2. The van der Waals surface area contributed by atoms with Crippen molar-refractivity contribution in [3.63, 3.8) is 0 Å². The molecule has 0 aromatic carbocycles. The third-order valence-corrected chi connectivity index (χ3v) is 5.34. The van der Waals surface area contributed by atoms with Crippen molar-refractivity contribution in [2.24, 2.45) is 5.41 Å². The van der Waals surface area contributed by atoms with Gasteiger partial charge < -0.3 is 14.9 Å². The highest BCUT2D eigenvalue weighted by atomic mass is 16.4. The van der Waals surface area contributed by atoms with Crippen LogP contribution < -0.4 is 0 Å². The number of carboxylic acid groups (broad SMARTS) is 1. The lowest BCUT2D eigenvalue weighted by Crippen LogP contribution is -2.43. The van der Waals surface area contributed by atoms with Crippen molar-refractivity contribution in [3.05, 3.63) is 23.3 Å². The van der Waals surface area contributed by atoms with E-state index in [0.717, 1.165) is 12.8 Å². The standard InChI is InChI=1S/C19H30N2O3/c1-14-7-5-10-19(3,4)16(14)8-9-17(22)20-11-6-12-21(18(23)24)15(2)13-20/h8-9,15H,5-7,10-13H2,1-4H3,(H,23,24)/b9-8+. The van der Waals surface area contributed by atoms with Gasteiger partial charge in [-0.15, -0.1) is 0 Å². The van der Waals surface area contributed by atoms with Crippen LogP contribution in [-0.2, 0) is 4.79 Å². The van der Waals surface area contributed by atoms with Crippen LogP contribution in [0, 0.1) is 5.41 Å². The quantitative estimate of drug-likeness (QED) is 0.784. The van der Waals surface area contributed by atoms with E-state index in [9.17, 15) is 14.7 Å². The Morgan fingerprint density at radius 1 is 1.25 bits per heavy atom. The molecular weight excluding hydrogens is 304 g/mol. The Bertz CT molecular complexity index is 563. The first kappa shape index (κ1) is 18.6. The number of hydrogen-bond acceptors (Lipinski definition) is 2. The largest absolute Gasteiger partial charge is 0.465 e. The van der Waals surface area contributed by atoms with Gasteiger partial charge in [0.05, 0.1) is 0 Å². The molecule has 2 rings (SSSR count). The van der Waals surface area contributed by atoms with Crippen LogP contribution in [0.25, 0.3) is 0 Å². The van der Waals surface area contributed by atoms with Crippen molar-refractivity contribution in [1.82, 2.24) is 9.80 Å². The number of carbonyl (C=O) groups is 2. The van der Waals surface area contributed by atoms with E-state index in [1.54, 1.807) is 11.0 Å². The fourth-order valence-corrected chi connectivity index (χ4v) is 3.92. The van der Waals surface area contributed by atoms with E-state index < -0.39 is 6.09 Å². The maximum atomic E-state index is 12.6. The lowest BCUT2D eigenvalue weighted by Gasteiger charge is -2.33. The van der Waals surface area contributed by atoms with Gasteiger partial charge in [0.25, 0.3) is 0 Å². The maximum absolute atomic E-state index is 12.6. The first-order valence-electron chi connectivity index (χ1n) is 8.89. The monoisotopic (exact) mass is 334 g/mol. The van der Waals surface area contributed by atoms with Crippen LogP contribution in [0.3, 0.4) is 0 Å². The summed E-state index contributed by atoms with van der Waals surface area (Å²) < 4.78 is 0. The predicted octanol–water partition coefficient (Wildman–Crippen LogP) is 3.67. The van der Waals surface area contributed by atoms with E-state index in [-0.39, 0.29) is 17.4 Å². The second-order valence-corrected chi connectivity index (χ2v) is 7.73. The minimum absolute atomic E-state index is 0.0178. The molecular formula is C19H30N2O3. The highest BCUT2D eigenvalue weighted by Crippen LogP contribution is 2.40. The molecule has 1 unspecified atom stereocenters. The molecule has 1 fully saturated rings. The number of amides is 2. The van der Waals surface area contributed by atoms with E-state index in [2.05, 4.69) is 20.8 Å². The highest BCUT2D eigenvalue weighted by molar-refractivity contribution is 5.88. The summed E-state index contributed by atoms with van der Waals surface area (Å²) in [4.78, 5) is 27.0. The van der Waals surface area contributed by atoms with Gasteiger partial charge in [-0.25, -0.2) is 4.79 Å². The molecule has 1 saturated heterocycles. The fraction of sp³-hybridized carbons (Fsp3) is 0.684. The van der Waals surface area contributed by atoms with Crippen LogP contribution in [0.2, 0.25) is 0 Å². The summed E-state index contributed by atoms with van der Waals surface area (Å²) in [6.45, 7) is 10.0. The SMILES string of the molecule is CC1=C(/C=C/C(=O)N2CCCN(C(=O)O)C(C)C2)C(C)(C)CCC1. The Kier molecular flexibility index (Phi) is 5.73. The Balaban J connectivity index is 2.08. The van der Waals surface area contributed by atoms with Crippen molar-refractivity contribution >= 4 is 12.0 Å². The van der Waals surface area contributed by atoms with E-state index in [1.165, 1.54) is 22.5 Å². The van der Waals surface area contributed by atoms with E-state index in [0.29, 0.717) is 26.1 Å². The first-order valence-corrected chi connectivity index (χ1v) is 8.89. The molecule has 0 aromatic heterocycles. The van der Waals surface area contributed by atoms with Gasteiger partial charge in [-0.2, -0.15) is 0 Å². The van der Waals surface area contributed by atoms with Gasteiger partial charge in [-0.3, -0.25) is 4.79 Å². The number of rotatable bonds is 2. The summed E-state index contributed by atoms with van der Waals surface area (Å²) in [7, 11) is 0. The van der Waals surface area contributed by atoms with Gasteiger partial charge in [0.15, 0.2) is 0 Å². The van der Waals surface area contributed by atoms with Gasteiger partial charge in [0.2, 0.25) is 5.91 Å². The third-order valence-electron chi connectivity index (χ3n) is 5.34. The third kappa shape index (κ3) is 4.19. The summed E-state index contributed by atoms with van der Waals surface area (Å²) in [5.41, 5.74) is 2.76. The van der Waals surface area contributed by atoms with Crippen LogP contribution in [0.4, 0.5) is 4.79 Å². The van der Waals surface area contributed by atoms with Gasteiger partial charge in [0, 0.05) is 31.8 Å². The molecule has 134 valence electrons. The van der Waals surface area contributed by atoms with Gasteiger partial charge in [-0.05, 0) is 50.5 Å². The van der Waals surface area contributed by atoms with Gasteiger partial charge >= 0.3 is 6.09 Å². The van der Waals surface area contributed by atoms with Crippen molar-refractivity contribution in [3.8, 4) is 0 Å². The van der Waals surface area contributed by atoms with Crippen LogP contribution in [0.5, 0.6) is 0 Å². The molecule has 5 nitrogen and oxygen atoms in total. The molecule has 1 aliphatic carbocycles. The molecule has 2 aliphatic rings. The second-order valence-electron chi connectivity index (χ2n) is 7.73. The summed E-state index contributed by atoms with van der Waals surface area (Å²) in [6.07, 6.45) is 6.90. The van der Waals surface area contributed by atoms with Crippen LogP contribution in [0.1, 0.15) is 53.4 Å². The Morgan fingerprint density at radius 2 is 1.96 bits per heavy atom. The molecule has 0 spiro atoms. The average molecular weight is 334 g/mol. The zero-order chi connectivity index (χ0) is 17.9. The van der Waals surface area contributed by atoms with Gasteiger partial charge in [-0.1, -0.05) is 25.5 Å². The van der Waals surface area contributed by atoms with Crippen molar-refractivity contribution < 1.29 is 14.7 Å². The lowest BCUT2D eigenvalue weighted by molar-refractivity contribution is -0.126. The molecule has 0 radical (unpaired) electrons. The van der Waals surface area contributed by atoms with Gasteiger partial charge in [0.1, 0.15) is 0 Å². The molecule has 1 N–H and O–H groups in total. The molecule has 0 bridgehead atoms. The highest BCUT2D eigenvalue weighted by Gasteiger charge is 2.28. The Morgan fingerprint density at radius 3 is 2.58 bits per heavy atom. The fourth-order valence-electron chi connectivity index (χ4n) is 3.92. The van der Waals surface area contributed by atoms with Crippen molar-refractivity contribution in [1.29, 1.82) is 0 Å². The predicted molar refractivity (Wildman–Crippen MR) is 94.9 cm³/mol. The smallest absolute Gasteiger partial charge is 0.407 e. The van der Waals surface area contributed by atoms with Crippen LogP contribution in [0.15, 0.2) is 23.3 Å². The molecule has 2 amide bonds. The zero-order valence-electron chi connectivity index (χ0n) is 15.3. The Hall–Kier alpha value is -1.78. The summed E-state index contributed by atoms with van der Waals surface area (Å²) >= 11 is 0. The minimum atomic E-state index is -0.905. The van der Waals surface area contributed by atoms with Crippen molar-refractivity contribution in [2.45, 2.75) is 59.4 Å². The summed E-state index contributed by atoms with van der Waals surface area (Å²) in [6, 6.07) is -0.172. The average Bonchev–Trinajstić information content (AvgIpc) is 2.67. The lowest BCUT2D eigenvalue weighted by atomic mass is 9.72. The number of nitrogens with zero attached hydrogens (tertiary/aromatic N) is 2. The molecule has 24 heavy (non-hydrogen) atoms. The Labute approximate surface area is 145 Å².